The second-order valence-electron chi connectivity index (χ2n) is 4.40. The van der Waals surface area contributed by atoms with E-state index in [-0.39, 0.29) is 58.9 Å². The van der Waals surface area contributed by atoms with Gasteiger partial charge in [0.2, 0.25) is 0 Å². The van der Waals surface area contributed by atoms with Crippen molar-refractivity contribution in [2.75, 3.05) is 0 Å². The molecule has 132 valence electrons. The average molecular weight is 353 g/mol. The molecule has 4 rings (SSSR count). The third-order valence-electron chi connectivity index (χ3n) is 3.20. The largest absolute Gasteiger partial charge is 0.358 e. The number of rotatable bonds is 0. The molecule has 0 aromatic heterocycles. The molecule has 0 spiro atoms. The van der Waals surface area contributed by atoms with Gasteiger partial charge in [-0.05, 0) is 6.42 Å². The first-order valence-corrected chi connectivity index (χ1v) is 6.25. The van der Waals surface area contributed by atoms with Gasteiger partial charge in [0.1, 0.15) is 0 Å². The standard InChI is InChI=1S/C13H9.C5H5.5CH3.Ti/c1-3-7-12-10(5-1)9-11-6-2-4-8-13(11)12;1-2-4-5-3-1;;;;;;/h1-5,7-8H,9H2;1-3H,4H2;5*1H3;/q7*-1;. The van der Waals surface area contributed by atoms with Gasteiger partial charge in [0.25, 0.3) is 0 Å². The van der Waals surface area contributed by atoms with Crippen LogP contribution in [0.2, 0.25) is 0 Å². The molecule has 2 aliphatic rings. The Morgan fingerprint density at radius 2 is 1.46 bits per heavy atom. The Hall–Kier alpha value is -1.37. The summed E-state index contributed by atoms with van der Waals surface area (Å²) in [5.74, 6) is 0. The Morgan fingerprint density at radius 3 is 2.04 bits per heavy atom. The van der Waals surface area contributed by atoms with Crippen LogP contribution in [0.4, 0.5) is 0 Å². The second-order valence-corrected chi connectivity index (χ2v) is 4.40. The third-order valence-corrected chi connectivity index (χ3v) is 3.20. The van der Waals surface area contributed by atoms with Crippen LogP contribution in [0.1, 0.15) is 17.5 Å². The van der Waals surface area contributed by atoms with Crippen LogP contribution < -0.4 is 0 Å². The summed E-state index contributed by atoms with van der Waals surface area (Å²) < 4.78 is 0. The van der Waals surface area contributed by atoms with E-state index in [0.29, 0.717) is 0 Å². The van der Waals surface area contributed by atoms with E-state index in [1.54, 1.807) is 0 Å². The Balaban J connectivity index is -0.000000163. The summed E-state index contributed by atoms with van der Waals surface area (Å²) in [5, 5.41) is 0. The zero-order valence-electron chi connectivity index (χ0n) is 15.7. The summed E-state index contributed by atoms with van der Waals surface area (Å²) in [7, 11) is 0. The minimum atomic E-state index is 0. The number of hydrogen-bond acceptors (Lipinski definition) is 0. The first-order chi connectivity index (χ1) is 8.95. The molecule has 0 unspecified atom stereocenters. The van der Waals surface area contributed by atoms with Crippen LogP contribution in [-0.4, -0.2) is 0 Å². The van der Waals surface area contributed by atoms with Crippen molar-refractivity contribution >= 4 is 0 Å². The van der Waals surface area contributed by atoms with E-state index in [2.05, 4.69) is 54.6 Å². The number of hydrogen-bond donors (Lipinski definition) is 0. The Kier molecular flexibility index (Phi) is 19.3. The van der Waals surface area contributed by atoms with Gasteiger partial charge in [0.15, 0.2) is 0 Å². The van der Waals surface area contributed by atoms with E-state index in [4.69, 9.17) is 0 Å². The molecular formula is C23H29Ti-7. The maximum atomic E-state index is 3.30. The first-order valence-electron chi connectivity index (χ1n) is 6.25. The molecule has 0 atom stereocenters. The second kappa shape index (κ2) is 15.2. The molecule has 0 radical (unpaired) electrons. The monoisotopic (exact) mass is 353 g/mol. The molecule has 2 aromatic carbocycles. The van der Waals surface area contributed by atoms with Gasteiger partial charge in [-0.15, -0.1) is 12.0 Å². The smallest absolute Gasteiger partial charge is 0 e. The maximum absolute atomic E-state index is 3.30. The first kappa shape index (κ1) is 30.5. The fourth-order valence-corrected chi connectivity index (χ4v) is 2.34. The molecule has 0 saturated heterocycles. The SMILES string of the molecule is [C-]1=CC=CC1.[CH3-].[CH3-].[CH3-].[CH3-].[CH3-].[Ti].[c-]1cccc2c1Cc1ccccc1-2. The molecule has 0 saturated carbocycles. The number of benzene rings is 2. The van der Waals surface area contributed by atoms with Gasteiger partial charge >= 0.3 is 0 Å². The van der Waals surface area contributed by atoms with Crippen molar-refractivity contribution in [3.8, 4) is 11.1 Å². The summed E-state index contributed by atoms with van der Waals surface area (Å²) in [5.41, 5.74) is 5.51. The van der Waals surface area contributed by atoms with Crippen molar-refractivity contribution in [3.63, 3.8) is 0 Å². The summed E-state index contributed by atoms with van der Waals surface area (Å²) >= 11 is 0. The van der Waals surface area contributed by atoms with Gasteiger partial charge in [-0.1, -0.05) is 35.4 Å². The molecule has 0 nitrogen and oxygen atoms in total. The predicted molar refractivity (Wildman–Crippen MR) is 107 cm³/mol. The molecule has 0 bridgehead atoms. The van der Waals surface area contributed by atoms with E-state index in [1.807, 2.05) is 18.2 Å². The van der Waals surface area contributed by atoms with Gasteiger partial charge < -0.3 is 37.1 Å². The van der Waals surface area contributed by atoms with Crippen LogP contribution >= 0.6 is 0 Å². The zero-order chi connectivity index (χ0) is 12.2. The van der Waals surface area contributed by atoms with Crippen molar-refractivity contribution in [2.24, 2.45) is 0 Å². The Bertz CT molecular complexity index is 555. The minimum Gasteiger partial charge on any atom is -0.358 e. The van der Waals surface area contributed by atoms with Crippen LogP contribution in [0.3, 0.4) is 0 Å². The fraction of sp³-hybridized carbons (Fsp3) is 0.0870. The van der Waals surface area contributed by atoms with Gasteiger partial charge in [-0.25, -0.2) is 12.2 Å². The fourth-order valence-electron chi connectivity index (χ4n) is 2.34. The Morgan fingerprint density at radius 1 is 0.792 bits per heavy atom. The molecule has 0 aliphatic heterocycles. The third kappa shape index (κ3) is 7.03. The molecule has 2 aromatic rings. The van der Waals surface area contributed by atoms with Gasteiger partial charge in [0.05, 0.1) is 0 Å². The van der Waals surface area contributed by atoms with Crippen molar-refractivity contribution in [2.45, 2.75) is 12.8 Å². The van der Waals surface area contributed by atoms with E-state index in [0.717, 1.165) is 12.8 Å². The summed E-state index contributed by atoms with van der Waals surface area (Å²) in [4.78, 5) is 0. The van der Waals surface area contributed by atoms with Crippen LogP contribution in [0.25, 0.3) is 11.1 Å². The summed E-state index contributed by atoms with van der Waals surface area (Å²) in [6.07, 6.45) is 11.0. The molecule has 1 heteroatoms. The van der Waals surface area contributed by atoms with Gasteiger partial charge in [0, 0.05) is 21.7 Å². The molecular weight excluding hydrogens is 324 g/mol. The zero-order valence-corrected chi connectivity index (χ0v) is 17.2. The van der Waals surface area contributed by atoms with E-state index in [1.165, 1.54) is 22.3 Å². The molecule has 24 heavy (non-hydrogen) atoms. The average Bonchev–Trinajstić information content (AvgIpc) is 3.10. The van der Waals surface area contributed by atoms with Crippen molar-refractivity contribution in [3.05, 3.63) is 121 Å². The van der Waals surface area contributed by atoms with Crippen LogP contribution in [0.5, 0.6) is 0 Å². The van der Waals surface area contributed by atoms with E-state index < -0.39 is 0 Å². The quantitative estimate of drug-likeness (QED) is 0.315. The van der Waals surface area contributed by atoms with Crippen LogP contribution in [0.15, 0.2) is 60.7 Å². The van der Waals surface area contributed by atoms with Crippen molar-refractivity contribution < 1.29 is 21.7 Å². The van der Waals surface area contributed by atoms with Crippen LogP contribution in [-0.2, 0) is 28.1 Å². The normalized spacial score (nSPS) is 10.3. The molecule has 0 N–H and O–H groups in total. The minimum absolute atomic E-state index is 0. The van der Waals surface area contributed by atoms with E-state index >= 15 is 0 Å². The molecule has 0 heterocycles. The van der Waals surface area contributed by atoms with E-state index in [9.17, 15) is 0 Å². The summed E-state index contributed by atoms with van der Waals surface area (Å²) in [6.45, 7) is 0. The van der Waals surface area contributed by atoms with Crippen LogP contribution in [0, 0.1) is 49.3 Å². The molecule has 0 amide bonds. The topological polar surface area (TPSA) is 0 Å². The predicted octanol–water partition coefficient (Wildman–Crippen LogP) is 6.61. The van der Waals surface area contributed by atoms with Gasteiger partial charge in [-0.3, -0.25) is 6.08 Å². The van der Waals surface area contributed by atoms with Crippen molar-refractivity contribution in [1.29, 1.82) is 0 Å². The molecule has 2 aliphatic carbocycles. The van der Waals surface area contributed by atoms with Gasteiger partial charge in [-0.2, -0.15) is 35.9 Å². The number of allylic oxidation sites excluding steroid dienone is 4. The Labute approximate surface area is 166 Å². The van der Waals surface area contributed by atoms with Crippen molar-refractivity contribution in [1.82, 2.24) is 0 Å². The number of fused-ring (bicyclic) bond motifs is 3. The maximum Gasteiger partial charge on any atom is 0 e. The molecule has 0 fully saturated rings. The summed E-state index contributed by atoms with van der Waals surface area (Å²) in [6, 6.07) is 18.1.